The van der Waals surface area contributed by atoms with Crippen molar-refractivity contribution in [1.29, 1.82) is 0 Å². The number of hydrogen-bond donors (Lipinski definition) is 2. The Morgan fingerprint density at radius 3 is 2.88 bits per heavy atom. The molecule has 0 saturated heterocycles. The number of nitrogens with one attached hydrogen (secondary N) is 2. The lowest BCUT2D eigenvalue weighted by Crippen LogP contribution is -2.35. The summed E-state index contributed by atoms with van der Waals surface area (Å²) in [4.78, 5) is 11.5. The largest absolute Gasteiger partial charge is 0.348 e. The Labute approximate surface area is 101 Å². The van der Waals surface area contributed by atoms with Crippen molar-refractivity contribution >= 4 is 5.91 Å². The molecule has 0 heterocycles. The van der Waals surface area contributed by atoms with Crippen molar-refractivity contribution < 1.29 is 9.18 Å². The molecule has 1 amide bonds. The maximum atomic E-state index is 13.4. The molecule has 0 aliphatic heterocycles. The Morgan fingerprint density at radius 1 is 1.53 bits per heavy atom. The van der Waals surface area contributed by atoms with Crippen LogP contribution in [0.15, 0.2) is 36.9 Å². The Hall–Kier alpha value is -1.68. The molecule has 0 fully saturated rings. The second-order valence-electron chi connectivity index (χ2n) is 3.73. The predicted molar refractivity (Wildman–Crippen MR) is 66.0 cm³/mol. The highest BCUT2D eigenvalue weighted by molar-refractivity contribution is 5.78. The number of amides is 1. The third kappa shape index (κ3) is 4.36. The molecule has 0 aliphatic rings. The fourth-order valence-corrected chi connectivity index (χ4v) is 1.48. The van der Waals surface area contributed by atoms with Gasteiger partial charge in [0.2, 0.25) is 5.91 Å². The predicted octanol–water partition coefficient (Wildman–Crippen LogP) is 1.78. The van der Waals surface area contributed by atoms with Crippen LogP contribution in [0.5, 0.6) is 0 Å². The van der Waals surface area contributed by atoms with E-state index in [2.05, 4.69) is 17.2 Å². The molecule has 1 aromatic rings. The van der Waals surface area contributed by atoms with Crippen LogP contribution in [0.3, 0.4) is 0 Å². The van der Waals surface area contributed by atoms with Crippen LogP contribution in [0.25, 0.3) is 0 Å². The van der Waals surface area contributed by atoms with Crippen molar-refractivity contribution in [2.75, 3.05) is 13.1 Å². The molecule has 92 valence electrons. The fraction of sp³-hybridized carbons (Fsp3) is 0.308. The summed E-state index contributed by atoms with van der Waals surface area (Å²) in [6.07, 6.45) is 1.67. The lowest BCUT2D eigenvalue weighted by Gasteiger charge is -2.15. The highest BCUT2D eigenvalue weighted by Gasteiger charge is 2.12. The fourth-order valence-electron chi connectivity index (χ4n) is 1.48. The molecular formula is C13H17FN2O. The molecule has 0 bridgehead atoms. The van der Waals surface area contributed by atoms with E-state index in [1.54, 1.807) is 31.2 Å². The zero-order valence-corrected chi connectivity index (χ0v) is 9.87. The second-order valence-corrected chi connectivity index (χ2v) is 3.73. The van der Waals surface area contributed by atoms with Gasteiger partial charge in [0.25, 0.3) is 0 Å². The van der Waals surface area contributed by atoms with Gasteiger partial charge in [0.05, 0.1) is 12.6 Å². The van der Waals surface area contributed by atoms with Crippen molar-refractivity contribution in [2.24, 2.45) is 0 Å². The third-order valence-electron chi connectivity index (χ3n) is 2.32. The summed E-state index contributed by atoms with van der Waals surface area (Å²) >= 11 is 0. The summed E-state index contributed by atoms with van der Waals surface area (Å²) in [5.41, 5.74) is 0.490. The molecule has 2 N–H and O–H groups in total. The van der Waals surface area contributed by atoms with Gasteiger partial charge in [0, 0.05) is 12.1 Å². The second kappa shape index (κ2) is 6.81. The van der Waals surface area contributed by atoms with Crippen LogP contribution >= 0.6 is 0 Å². The summed E-state index contributed by atoms with van der Waals surface area (Å²) in [7, 11) is 0. The number of rotatable bonds is 6. The van der Waals surface area contributed by atoms with Crippen LogP contribution in [-0.2, 0) is 4.79 Å². The van der Waals surface area contributed by atoms with Crippen LogP contribution in [0, 0.1) is 5.82 Å². The van der Waals surface area contributed by atoms with Crippen LogP contribution in [-0.4, -0.2) is 19.0 Å². The standard InChI is InChI=1S/C13H17FN2O/c1-3-8-15-9-13(17)16-10(2)11-6-4-5-7-12(11)14/h3-7,10,15H,1,8-9H2,2H3,(H,16,17)/t10-/m1/s1. The molecule has 4 heteroatoms. The Balaban J connectivity index is 2.49. The summed E-state index contributed by atoms with van der Waals surface area (Å²) in [5.74, 6) is -0.470. The van der Waals surface area contributed by atoms with Crippen LogP contribution in [0.1, 0.15) is 18.5 Å². The van der Waals surface area contributed by atoms with E-state index in [1.807, 2.05) is 0 Å². The van der Waals surface area contributed by atoms with Gasteiger partial charge in [-0.2, -0.15) is 0 Å². The maximum absolute atomic E-state index is 13.4. The molecule has 1 aromatic carbocycles. The van der Waals surface area contributed by atoms with Crippen molar-refractivity contribution in [1.82, 2.24) is 10.6 Å². The summed E-state index contributed by atoms with van der Waals surface area (Å²) < 4.78 is 13.4. The molecule has 17 heavy (non-hydrogen) atoms. The molecule has 3 nitrogen and oxygen atoms in total. The van der Waals surface area contributed by atoms with Gasteiger partial charge in [-0.3, -0.25) is 4.79 Å². The van der Waals surface area contributed by atoms with E-state index in [4.69, 9.17) is 0 Å². The molecule has 0 saturated carbocycles. The zero-order chi connectivity index (χ0) is 12.7. The van der Waals surface area contributed by atoms with Gasteiger partial charge in [-0.1, -0.05) is 24.3 Å². The van der Waals surface area contributed by atoms with Gasteiger partial charge < -0.3 is 10.6 Å². The first-order chi connectivity index (χ1) is 8.15. The summed E-state index contributed by atoms with van der Waals surface area (Å²) in [5, 5.41) is 5.60. The van der Waals surface area contributed by atoms with Crippen molar-refractivity contribution in [3.05, 3.63) is 48.3 Å². The van der Waals surface area contributed by atoms with E-state index in [1.165, 1.54) is 6.07 Å². The first-order valence-electron chi connectivity index (χ1n) is 5.50. The molecule has 0 aromatic heterocycles. The minimum atomic E-state index is -0.339. The molecule has 0 aliphatic carbocycles. The SMILES string of the molecule is C=CCNCC(=O)N[C@H](C)c1ccccc1F. The minimum Gasteiger partial charge on any atom is -0.348 e. The monoisotopic (exact) mass is 236 g/mol. The molecule has 1 rings (SSSR count). The van der Waals surface area contributed by atoms with Crippen LogP contribution in [0.4, 0.5) is 4.39 Å². The van der Waals surface area contributed by atoms with E-state index in [-0.39, 0.29) is 24.3 Å². The first kappa shape index (κ1) is 13.4. The Morgan fingerprint density at radius 2 is 2.24 bits per heavy atom. The lowest BCUT2D eigenvalue weighted by molar-refractivity contribution is -0.120. The Kier molecular flexibility index (Phi) is 5.36. The van der Waals surface area contributed by atoms with E-state index in [0.29, 0.717) is 12.1 Å². The Bertz CT molecular complexity index is 393. The number of carbonyl (C=O) groups is 1. The number of carbonyl (C=O) groups excluding carboxylic acids is 1. The van der Waals surface area contributed by atoms with Gasteiger partial charge in [-0.15, -0.1) is 6.58 Å². The normalized spacial score (nSPS) is 11.9. The molecular weight excluding hydrogens is 219 g/mol. The number of halogens is 1. The molecule has 1 atom stereocenters. The van der Waals surface area contributed by atoms with Crippen LogP contribution < -0.4 is 10.6 Å². The van der Waals surface area contributed by atoms with E-state index < -0.39 is 0 Å². The highest BCUT2D eigenvalue weighted by atomic mass is 19.1. The summed E-state index contributed by atoms with van der Waals surface area (Å²) in [6.45, 7) is 6.06. The molecule has 0 radical (unpaired) electrons. The van der Waals surface area contributed by atoms with Crippen molar-refractivity contribution in [3.8, 4) is 0 Å². The first-order valence-corrected chi connectivity index (χ1v) is 5.50. The number of benzene rings is 1. The quantitative estimate of drug-likeness (QED) is 0.584. The smallest absolute Gasteiger partial charge is 0.234 e. The zero-order valence-electron chi connectivity index (χ0n) is 9.87. The van der Waals surface area contributed by atoms with E-state index >= 15 is 0 Å². The third-order valence-corrected chi connectivity index (χ3v) is 2.32. The van der Waals surface area contributed by atoms with E-state index in [9.17, 15) is 9.18 Å². The average molecular weight is 236 g/mol. The van der Waals surface area contributed by atoms with Crippen molar-refractivity contribution in [2.45, 2.75) is 13.0 Å². The molecule has 0 unspecified atom stereocenters. The lowest BCUT2D eigenvalue weighted by atomic mass is 10.1. The molecule has 0 spiro atoms. The van der Waals surface area contributed by atoms with Crippen LogP contribution in [0.2, 0.25) is 0 Å². The van der Waals surface area contributed by atoms with Gasteiger partial charge in [-0.05, 0) is 13.0 Å². The average Bonchev–Trinajstić information content (AvgIpc) is 2.29. The van der Waals surface area contributed by atoms with Gasteiger partial charge in [-0.25, -0.2) is 4.39 Å². The van der Waals surface area contributed by atoms with Gasteiger partial charge in [0.1, 0.15) is 5.82 Å². The van der Waals surface area contributed by atoms with Gasteiger partial charge >= 0.3 is 0 Å². The summed E-state index contributed by atoms with van der Waals surface area (Å²) in [6, 6.07) is 6.08. The topological polar surface area (TPSA) is 41.1 Å². The number of hydrogen-bond acceptors (Lipinski definition) is 2. The maximum Gasteiger partial charge on any atom is 0.234 e. The van der Waals surface area contributed by atoms with Gasteiger partial charge in [0.15, 0.2) is 0 Å². The van der Waals surface area contributed by atoms with Crippen molar-refractivity contribution in [3.63, 3.8) is 0 Å². The highest BCUT2D eigenvalue weighted by Crippen LogP contribution is 2.15. The minimum absolute atomic E-state index is 0.164. The van der Waals surface area contributed by atoms with E-state index in [0.717, 1.165) is 0 Å².